The minimum Gasteiger partial charge on any atom is -0.463 e. The van der Waals surface area contributed by atoms with E-state index in [9.17, 15) is 9.90 Å². The molecular formula is C11H19NO3. The molecule has 0 aromatic rings. The summed E-state index contributed by atoms with van der Waals surface area (Å²) in [6, 6.07) is 0. The number of rotatable bonds is 4. The van der Waals surface area contributed by atoms with Crippen LogP contribution in [0.25, 0.3) is 0 Å². The van der Waals surface area contributed by atoms with Crippen molar-refractivity contribution in [3.05, 3.63) is 11.6 Å². The number of piperidine rings is 1. The normalized spacial score (nSPS) is 24.1. The van der Waals surface area contributed by atoms with Crippen LogP contribution in [-0.2, 0) is 9.53 Å². The summed E-state index contributed by atoms with van der Waals surface area (Å²) < 4.78 is 4.98. The lowest BCUT2D eigenvalue weighted by Crippen LogP contribution is -2.33. The highest BCUT2D eigenvalue weighted by atomic mass is 16.5. The second-order valence-electron chi connectivity index (χ2n) is 3.72. The average molecular weight is 213 g/mol. The molecular weight excluding hydrogens is 194 g/mol. The minimum atomic E-state index is -0.495. The molecule has 0 aliphatic carbocycles. The zero-order valence-corrected chi connectivity index (χ0v) is 9.16. The molecule has 2 N–H and O–H groups in total. The SMILES string of the molecule is CCCCOC(=O)/C=C1\CNCCC1O. The summed E-state index contributed by atoms with van der Waals surface area (Å²) in [6.07, 6.45) is 3.47. The molecule has 1 aliphatic heterocycles. The van der Waals surface area contributed by atoms with Crippen LogP contribution in [0.2, 0.25) is 0 Å². The van der Waals surface area contributed by atoms with Gasteiger partial charge in [0.05, 0.1) is 12.7 Å². The topological polar surface area (TPSA) is 58.6 Å². The smallest absolute Gasteiger partial charge is 0.330 e. The number of hydrogen-bond donors (Lipinski definition) is 2. The Balaban J connectivity index is 2.35. The van der Waals surface area contributed by atoms with E-state index in [0.29, 0.717) is 19.6 Å². The van der Waals surface area contributed by atoms with Crippen molar-refractivity contribution in [3.63, 3.8) is 0 Å². The van der Waals surface area contributed by atoms with E-state index >= 15 is 0 Å². The Morgan fingerprint density at radius 1 is 1.73 bits per heavy atom. The maximum Gasteiger partial charge on any atom is 0.330 e. The zero-order chi connectivity index (χ0) is 11.1. The molecule has 0 bridgehead atoms. The first-order chi connectivity index (χ1) is 7.24. The van der Waals surface area contributed by atoms with Crippen LogP contribution in [0.1, 0.15) is 26.2 Å². The third-order valence-corrected chi connectivity index (χ3v) is 2.40. The zero-order valence-electron chi connectivity index (χ0n) is 9.16. The molecule has 0 amide bonds. The monoisotopic (exact) mass is 213 g/mol. The third kappa shape index (κ3) is 4.44. The van der Waals surface area contributed by atoms with Crippen LogP contribution >= 0.6 is 0 Å². The van der Waals surface area contributed by atoms with Crippen molar-refractivity contribution < 1.29 is 14.6 Å². The van der Waals surface area contributed by atoms with Gasteiger partial charge in [-0.15, -0.1) is 0 Å². The highest BCUT2D eigenvalue weighted by molar-refractivity contribution is 5.83. The first-order valence-electron chi connectivity index (χ1n) is 5.50. The number of carbonyl (C=O) groups is 1. The molecule has 0 saturated carbocycles. The van der Waals surface area contributed by atoms with Gasteiger partial charge in [-0.25, -0.2) is 4.79 Å². The van der Waals surface area contributed by atoms with Gasteiger partial charge in [-0.1, -0.05) is 13.3 Å². The molecule has 0 aromatic carbocycles. The van der Waals surface area contributed by atoms with Crippen LogP contribution in [0, 0.1) is 0 Å². The van der Waals surface area contributed by atoms with Gasteiger partial charge in [-0.2, -0.15) is 0 Å². The Hall–Kier alpha value is -0.870. The van der Waals surface area contributed by atoms with Crippen molar-refractivity contribution in [2.24, 2.45) is 0 Å². The molecule has 1 aliphatic rings. The minimum absolute atomic E-state index is 0.346. The predicted molar refractivity (Wildman–Crippen MR) is 57.4 cm³/mol. The first kappa shape index (κ1) is 12.2. The van der Waals surface area contributed by atoms with Gasteiger partial charge >= 0.3 is 5.97 Å². The van der Waals surface area contributed by atoms with Crippen LogP contribution < -0.4 is 5.32 Å². The van der Waals surface area contributed by atoms with E-state index in [1.807, 2.05) is 6.92 Å². The van der Waals surface area contributed by atoms with E-state index in [4.69, 9.17) is 4.74 Å². The summed E-state index contributed by atoms with van der Waals surface area (Å²) in [4.78, 5) is 11.3. The van der Waals surface area contributed by atoms with Crippen LogP contribution in [0.15, 0.2) is 11.6 Å². The van der Waals surface area contributed by atoms with Gasteiger partial charge in [-0.05, 0) is 25.0 Å². The Morgan fingerprint density at radius 2 is 2.53 bits per heavy atom. The number of aliphatic hydroxyl groups excluding tert-OH is 1. The van der Waals surface area contributed by atoms with Gasteiger partial charge in [0.2, 0.25) is 0 Å². The van der Waals surface area contributed by atoms with Crippen molar-refractivity contribution in [1.29, 1.82) is 0 Å². The van der Waals surface area contributed by atoms with E-state index < -0.39 is 6.10 Å². The van der Waals surface area contributed by atoms with Gasteiger partial charge < -0.3 is 15.2 Å². The molecule has 1 unspecified atom stereocenters. The first-order valence-corrected chi connectivity index (χ1v) is 5.50. The van der Waals surface area contributed by atoms with Crippen molar-refractivity contribution in [2.75, 3.05) is 19.7 Å². The molecule has 1 atom stereocenters. The standard InChI is InChI=1S/C11H19NO3/c1-2-3-6-15-11(14)7-9-8-12-5-4-10(9)13/h7,10,12-13H,2-6,8H2,1H3/b9-7+. The fourth-order valence-corrected chi connectivity index (χ4v) is 1.43. The summed E-state index contributed by atoms with van der Waals surface area (Å²) in [6.45, 7) is 3.87. The van der Waals surface area contributed by atoms with Crippen molar-refractivity contribution in [3.8, 4) is 0 Å². The van der Waals surface area contributed by atoms with Crippen LogP contribution in [-0.4, -0.2) is 36.9 Å². The van der Waals surface area contributed by atoms with Gasteiger partial charge in [0.15, 0.2) is 0 Å². The average Bonchev–Trinajstić information content (AvgIpc) is 2.22. The Morgan fingerprint density at radius 3 is 3.20 bits per heavy atom. The lowest BCUT2D eigenvalue weighted by molar-refractivity contribution is -0.138. The summed E-state index contributed by atoms with van der Waals surface area (Å²) in [5.74, 6) is -0.346. The second kappa shape index (κ2) is 6.58. The molecule has 4 nitrogen and oxygen atoms in total. The number of esters is 1. The fourth-order valence-electron chi connectivity index (χ4n) is 1.43. The lowest BCUT2D eigenvalue weighted by atomic mass is 10.0. The maximum atomic E-state index is 11.3. The molecule has 0 radical (unpaired) electrons. The van der Waals surface area contributed by atoms with Gasteiger partial charge in [0, 0.05) is 12.6 Å². The Kier molecular flexibility index (Phi) is 5.36. The summed E-state index contributed by atoms with van der Waals surface area (Å²) in [5, 5.41) is 12.7. The van der Waals surface area contributed by atoms with Gasteiger partial charge in [0.1, 0.15) is 0 Å². The summed E-state index contributed by atoms with van der Waals surface area (Å²) >= 11 is 0. The maximum absolute atomic E-state index is 11.3. The van der Waals surface area contributed by atoms with E-state index in [1.165, 1.54) is 6.08 Å². The second-order valence-corrected chi connectivity index (χ2v) is 3.72. The summed E-state index contributed by atoms with van der Waals surface area (Å²) in [7, 11) is 0. The van der Waals surface area contributed by atoms with Crippen LogP contribution in [0.4, 0.5) is 0 Å². The van der Waals surface area contributed by atoms with E-state index in [1.54, 1.807) is 0 Å². The quantitative estimate of drug-likeness (QED) is 0.408. The highest BCUT2D eigenvalue weighted by Gasteiger charge is 2.16. The number of unbranched alkanes of at least 4 members (excludes halogenated alkanes) is 1. The number of nitrogens with one attached hydrogen (secondary N) is 1. The van der Waals surface area contributed by atoms with Crippen molar-refractivity contribution in [1.82, 2.24) is 5.32 Å². The van der Waals surface area contributed by atoms with Crippen LogP contribution in [0.3, 0.4) is 0 Å². The molecule has 1 saturated heterocycles. The molecule has 0 spiro atoms. The van der Waals surface area contributed by atoms with E-state index in [2.05, 4.69) is 5.32 Å². The molecule has 0 aromatic heterocycles. The molecule has 15 heavy (non-hydrogen) atoms. The molecule has 4 heteroatoms. The molecule has 1 rings (SSSR count). The number of hydrogen-bond acceptors (Lipinski definition) is 4. The fraction of sp³-hybridized carbons (Fsp3) is 0.727. The number of ether oxygens (including phenoxy) is 1. The predicted octanol–water partition coefficient (Wildman–Crippen LogP) is 0.610. The lowest BCUT2D eigenvalue weighted by Gasteiger charge is -2.21. The van der Waals surface area contributed by atoms with Crippen molar-refractivity contribution in [2.45, 2.75) is 32.3 Å². The third-order valence-electron chi connectivity index (χ3n) is 2.40. The van der Waals surface area contributed by atoms with E-state index in [-0.39, 0.29) is 5.97 Å². The molecule has 1 fully saturated rings. The van der Waals surface area contributed by atoms with Crippen molar-refractivity contribution >= 4 is 5.97 Å². The number of carbonyl (C=O) groups excluding carboxylic acids is 1. The summed E-state index contributed by atoms with van der Waals surface area (Å²) in [5.41, 5.74) is 0.725. The Bertz CT molecular complexity index is 238. The largest absolute Gasteiger partial charge is 0.463 e. The van der Waals surface area contributed by atoms with Gasteiger partial charge in [-0.3, -0.25) is 0 Å². The van der Waals surface area contributed by atoms with Gasteiger partial charge in [0.25, 0.3) is 0 Å². The van der Waals surface area contributed by atoms with Crippen LogP contribution in [0.5, 0.6) is 0 Å². The molecule has 86 valence electrons. The highest BCUT2D eigenvalue weighted by Crippen LogP contribution is 2.09. The Labute approximate surface area is 90.3 Å². The number of aliphatic hydroxyl groups is 1. The molecule has 1 heterocycles. The van der Waals surface area contributed by atoms with E-state index in [0.717, 1.165) is 25.0 Å².